The van der Waals surface area contributed by atoms with Crippen LogP contribution in [0.1, 0.15) is 28.9 Å². The number of hydrogen-bond acceptors (Lipinski definition) is 4. The highest BCUT2D eigenvalue weighted by molar-refractivity contribution is 6.28. The molecule has 3 rings (SSSR count). The van der Waals surface area contributed by atoms with Gasteiger partial charge in [-0.3, -0.25) is 4.79 Å². The second-order valence-electron chi connectivity index (χ2n) is 4.77. The number of hydrogen-bond donors (Lipinski definition) is 1. The summed E-state index contributed by atoms with van der Waals surface area (Å²) in [4.78, 5) is 18.3. The van der Waals surface area contributed by atoms with Gasteiger partial charge in [-0.25, -0.2) is 9.97 Å². The van der Waals surface area contributed by atoms with E-state index in [1.54, 1.807) is 0 Å². The van der Waals surface area contributed by atoms with E-state index in [9.17, 15) is 18.0 Å². The van der Waals surface area contributed by atoms with E-state index in [0.29, 0.717) is 6.29 Å². The summed E-state index contributed by atoms with van der Waals surface area (Å²) in [5.74, 6) is -0.177. The van der Waals surface area contributed by atoms with Crippen LogP contribution in [0.5, 0.6) is 0 Å². The van der Waals surface area contributed by atoms with Gasteiger partial charge in [-0.2, -0.15) is 13.2 Å². The number of rotatable bonds is 2. The first-order chi connectivity index (χ1) is 8.27. The lowest BCUT2D eigenvalue weighted by atomic mass is 10.1. The smallest absolute Gasteiger partial charge is 0.383 e. The van der Waals surface area contributed by atoms with Crippen LogP contribution < -0.4 is 5.73 Å². The Bertz CT molecular complexity index is 566. The molecular weight excluding hydrogens is 271 g/mol. The van der Waals surface area contributed by atoms with Gasteiger partial charge in [0, 0.05) is 5.41 Å². The fourth-order valence-electron chi connectivity index (χ4n) is 2.70. The molecule has 0 amide bonds. The lowest BCUT2D eigenvalue weighted by Crippen LogP contribution is -2.16. The van der Waals surface area contributed by atoms with Crippen molar-refractivity contribution in [2.75, 3.05) is 5.73 Å². The molecule has 2 N–H and O–H groups in total. The number of fused-ring (bicyclic) bond motifs is 1. The fraction of sp³-hybridized carbons (Fsp3) is 0.500. The second-order valence-corrected chi connectivity index (χ2v) is 5.11. The summed E-state index contributed by atoms with van der Waals surface area (Å²) in [6.45, 7) is 0. The second kappa shape index (κ2) is 2.96. The van der Waals surface area contributed by atoms with Crippen LogP contribution in [0.15, 0.2) is 0 Å². The van der Waals surface area contributed by atoms with Gasteiger partial charge in [0.05, 0.1) is 16.7 Å². The van der Waals surface area contributed by atoms with Crippen molar-refractivity contribution in [1.82, 2.24) is 9.97 Å². The first kappa shape index (κ1) is 11.7. The number of nitrogen functional groups attached to an aromatic ring is 1. The Hall–Kier alpha value is -1.37. The van der Waals surface area contributed by atoms with Crippen molar-refractivity contribution < 1.29 is 18.0 Å². The Balaban J connectivity index is 2.10. The van der Waals surface area contributed by atoms with Crippen molar-refractivity contribution in [2.45, 2.75) is 24.4 Å². The summed E-state index contributed by atoms with van der Waals surface area (Å²) in [7, 11) is 0. The average Bonchev–Trinajstić information content (AvgIpc) is 2.99. The Kier molecular flexibility index (Phi) is 1.92. The monoisotopic (exact) mass is 277 g/mol. The van der Waals surface area contributed by atoms with E-state index < -0.39 is 17.0 Å². The molecule has 96 valence electrons. The number of nitrogens with two attached hydrogens (primary N) is 1. The van der Waals surface area contributed by atoms with Crippen LogP contribution in [0.2, 0.25) is 5.28 Å². The number of carbonyl (C=O) groups excluding carboxylic acids is 1. The van der Waals surface area contributed by atoms with Gasteiger partial charge in [0.2, 0.25) is 5.28 Å². The number of alkyl halides is 3. The minimum Gasteiger partial charge on any atom is -0.383 e. The first-order valence-electron chi connectivity index (χ1n) is 5.13. The molecule has 0 spiro atoms. The number of halogens is 4. The van der Waals surface area contributed by atoms with Crippen molar-refractivity contribution in [3.05, 3.63) is 16.5 Å². The largest absolute Gasteiger partial charge is 0.395 e. The molecule has 2 saturated carbocycles. The molecule has 1 aromatic heterocycles. The van der Waals surface area contributed by atoms with E-state index in [4.69, 9.17) is 17.3 Å². The Morgan fingerprint density at radius 3 is 2.39 bits per heavy atom. The highest BCUT2D eigenvalue weighted by Crippen LogP contribution is 2.90. The maximum absolute atomic E-state index is 12.8. The summed E-state index contributed by atoms with van der Waals surface area (Å²) < 4.78 is 38.5. The molecule has 1 heterocycles. The zero-order valence-electron chi connectivity index (χ0n) is 8.88. The Morgan fingerprint density at radius 2 is 1.94 bits per heavy atom. The van der Waals surface area contributed by atoms with Crippen LogP contribution >= 0.6 is 11.6 Å². The van der Waals surface area contributed by atoms with Gasteiger partial charge in [-0.15, -0.1) is 0 Å². The van der Waals surface area contributed by atoms with Crippen LogP contribution in [0, 0.1) is 5.41 Å². The van der Waals surface area contributed by atoms with E-state index in [-0.39, 0.29) is 35.2 Å². The van der Waals surface area contributed by atoms with Gasteiger partial charge in [0.15, 0.2) is 6.29 Å². The Morgan fingerprint density at radius 1 is 1.33 bits per heavy atom. The zero-order valence-corrected chi connectivity index (χ0v) is 9.64. The maximum atomic E-state index is 12.8. The van der Waals surface area contributed by atoms with Gasteiger partial charge in [0.1, 0.15) is 5.82 Å². The lowest BCUT2D eigenvalue weighted by molar-refractivity contribution is -0.167. The molecule has 0 aromatic carbocycles. The molecule has 2 aliphatic carbocycles. The van der Waals surface area contributed by atoms with Crippen molar-refractivity contribution in [3.8, 4) is 0 Å². The summed E-state index contributed by atoms with van der Waals surface area (Å²) in [5, 5.41) is -0.239. The minimum absolute atomic E-state index is 0.0346. The van der Waals surface area contributed by atoms with Crippen molar-refractivity contribution in [1.29, 1.82) is 0 Å². The molecule has 0 radical (unpaired) electrons. The average molecular weight is 278 g/mol. The number of carbonyl (C=O) groups is 1. The standard InChI is InChI=1S/C10H7ClF3N3O/c11-7-16-5(4(1-18)6(15)17-7)8-2-9(8,3-8)10(12,13)14/h1H,2-3H2,(H2,15,16,17). The van der Waals surface area contributed by atoms with E-state index in [1.165, 1.54) is 0 Å². The SMILES string of the molecule is Nc1nc(Cl)nc(C23CC2(C(F)(F)F)C3)c1C=O. The molecule has 4 nitrogen and oxygen atoms in total. The van der Waals surface area contributed by atoms with Crippen LogP contribution in [0.4, 0.5) is 19.0 Å². The van der Waals surface area contributed by atoms with Crippen LogP contribution in [-0.4, -0.2) is 22.4 Å². The summed E-state index contributed by atoms with van der Waals surface area (Å²) in [6.07, 6.45) is -4.03. The molecule has 0 atom stereocenters. The minimum atomic E-state index is -4.29. The van der Waals surface area contributed by atoms with E-state index in [1.807, 2.05) is 0 Å². The summed E-state index contributed by atoms with van der Waals surface area (Å²) in [6, 6.07) is 0. The van der Waals surface area contributed by atoms with Gasteiger partial charge in [-0.1, -0.05) is 0 Å². The molecule has 1 aromatic rings. The first-order valence-corrected chi connectivity index (χ1v) is 5.51. The topological polar surface area (TPSA) is 68.9 Å². The predicted molar refractivity (Wildman–Crippen MR) is 56.2 cm³/mol. The van der Waals surface area contributed by atoms with E-state index in [0.717, 1.165) is 0 Å². The number of aromatic nitrogens is 2. The lowest BCUT2D eigenvalue weighted by Gasteiger charge is -2.07. The highest BCUT2D eigenvalue weighted by atomic mass is 35.5. The van der Waals surface area contributed by atoms with Crippen LogP contribution in [0.3, 0.4) is 0 Å². The summed E-state index contributed by atoms with van der Waals surface area (Å²) >= 11 is 5.59. The fourth-order valence-corrected chi connectivity index (χ4v) is 2.87. The van der Waals surface area contributed by atoms with Gasteiger partial charge < -0.3 is 5.73 Å². The van der Waals surface area contributed by atoms with Gasteiger partial charge in [0.25, 0.3) is 0 Å². The molecule has 0 unspecified atom stereocenters. The third kappa shape index (κ3) is 1.15. The van der Waals surface area contributed by atoms with Gasteiger partial charge in [-0.05, 0) is 24.4 Å². The number of anilines is 1. The number of aldehydes is 1. The molecule has 0 saturated heterocycles. The van der Waals surface area contributed by atoms with Crippen molar-refractivity contribution >= 4 is 23.7 Å². The quantitative estimate of drug-likeness (QED) is 0.664. The third-order valence-electron chi connectivity index (χ3n) is 3.93. The molecule has 2 fully saturated rings. The molecule has 8 heteroatoms. The van der Waals surface area contributed by atoms with Crippen LogP contribution in [-0.2, 0) is 5.41 Å². The summed E-state index contributed by atoms with van der Waals surface area (Å²) in [5.41, 5.74) is 2.59. The van der Waals surface area contributed by atoms with Crippen LogP contribution in [0.25, 0.3) is 0 Å². The third-order valence-corrected chi connectivity index (χ3v) is 4.10. The molecule has 0 aliphatic heterocycles. The molecule has 18 heavy (non-hydrogen) atoms. The van der Waals surface area contributed by atoms with E-state index >= 15 is 0 Å². The Labute approximate surface area is 104 Å². The van der Waals surface area contributed by atoms with Crippen molar-refractivity contribution in [3.63, 3.8) is 0 Å². The number of nitrogens with zero attached hydrogens (tertiary/aromatic N) is 2. The normalized spacial score (nSPS) is 32.9. The molecular formula is C10H7ClF3N3O. The molecule has 0 bridgehead atoms. The van der Waals surface area contributed by atoms with Gasteiger partial charge >= 0.3 is 6.18 Å². The van der Waals surface area contributed by atoms with E-state index in [2.05, 4.69) is 9.97 Å². The maximum Gasteiger partial charge on any atom is 0.395 e. The molecule has 2 aliphatic rings. The zero-order chi connectivity index (χ0) is 13.3. The predicted octanol–water partition coefficient (Wildman–Crippen LogP) is 2.12. The highest BCUT2D eigenvalue weighted by Gasteiger charge is 2.94. The van der Waals surface area contributed by atoms with Crippen molar-refractivity contribution in [2.24, 2.45) is 5.41 Å².